The summed E-state index contributed by atoms with van der Waals surface area (Å²) in [5.74, 6) is 0. The predicted octanol–water partition coefficient (Wildman–Crippen LogP) is 13.7. The van der Waals surface area contributed by atoms with Crippen molar-refractivity contribution in [2.45, 2.75) is 19.3 Å². The van der Waals surface area contributed by atoms with E-state index in [4.69, 9.17) is 0 Å². The first-order valence-corrected chi connectivity index (χ1v) is 17.5. The van der Waals surface area contributed by atoms with Crippen LogP contribution in [0.15, 0.2) is 176 Å². The molecule has 0 atom stereocenters. The van der Waals surface area contributed by atoms with E-state index in [9.17, 15) is 0 Å². The highest BCUT2D eigenvalue weighted by Crippen LogP contribution is 2.51. The molecule has 0 N–H and O–H groups in total. The van der Waals surface area contributed by atoms with Crippen LogP contribution in [0.25, 0.3) is 65.3 Å². The van der Waals surface area contributed by atoms with Crippen LogP contribution in [-0.4, -0.2) is 0 Å². The molecule has 0 saturated carbocycles. The second kappa shape index (κ2) is 10.9. The Bertz CT molecular complexity index is 2790. The van der Waals surface area contributed by atoms with Crippen molar-refractivity contribution in [2.75, 3.05) is 4.90 Å². The normalized spacial score (nSPS) is 13.2. The Morgan fingerprint density at radius 1 is 0.360 bits per heavy atom. The highest BCUT2D eigenvalue weighted by molar-refractivity contribution is 6.14. The topological polar surface area (TPSA) is 3.24 Å². The minimum atomic E-state index is -0.0929. The Hall–Kier alpha value is -6.18. The second-order valence-corrected chi connectivity index (χ2v) is 14.2. The van der Waals surface area contributed by atoms with Gasteiger partial charge in [0.05, 0.1) is 5.69 Å². The fourth-order valence-corrected chi connectivity index (χ4v) is 8.47. The first-order valence-electron chi connectivity index (χ1n) is 17.5. The molecule has 236 valence electrons. The molecule has 0 radical (unpaired) electrons. The summed E-state index contributed by atoms with van der Waals surface area (Å²) in [4.78, 5) is 2.46. The van der Waals surface area contributed by atoms with E-state index in [2.05, 4.69) is 195 Å². The van der Waals surface area contributed by atoms with Gasteiger partial charge in [-0.05, 0) is 107 Å². The number of rotatable bonds is 4. The van der Waals surface area contributed by atoms with Crippen molar-refractivity contribution in [3.05, 3.63) is 187 Å². The summed E-state index contributed by atoms with van der Waals surface area (Å²) in [6.07, 6.45) is 0. The largest absolute Gasteiger partial charge is 0.310 e. The van der Waals surface area contributed by atoms with Crippen molar-refractivity contribution in [1.82, 2.24) is 0 Å². The van der Waals surface area contributed by atoms with E-state index in [-0.39, 0.29) is 5.41 Å². The third-order valence-electron chi connectivity index (χ3n) is 11.0. The van der Waals surface area contributed by atoms with E-state index in [1.807, 2.05) is 0 Å². The van der Waals surface area contributed by atoms with Crippen LogP contribution in [0.5, 0.6) is 0 Å². The summed E-state index contributed by atoms with van der Waals surface area (Å²) in [6, 6.07) is 65.0. The first kappa shape index (κ1) is 28.8. The van der Waals surface area contributed by atoms with Gasteiger partial charge >= 0.3 is 0 Å². The quantitative estimate of drug-likeness (QED) is 0.174. The summed E-state index contributed by atoms with van der Waals surface area (Å²) < 4.78 is 0. The fraction of sp³-hybridized carbons (Fsp3) is 0.0612. The number of hydrogen-bond donors (Lipinski definition) is 0. The minimum absolute atomic E-state index is 0.0929. The monoisotopic (exact) mass is 637 g/mol. The summed E-state index contributed by atoms with van der Waals surface area (Å²) in [5.41, 5.74) is 11.2. The van der Waals surface area contributed by atoms with Crippen molar-refractivity contribution in [2.24, 2.45) is 0 Å². The summed E-state index contributed by atoms with van der Waals surface area (Å²) in [5, 5.41) is 10.1. The SMILES string of the molecule is CC1(C)c2ccccc2-c2ccc(N(c3ccc(-c4ccc5c(ccc6ccccc65)c4)cc3)c3cc4ccccc4c4ccccc34)cc21. The van der Waals surface area contributed by atoms with E-state index in [0.717, 1.165) is 11.4 Å². The molecule has 0 amide bonds. The predicted molar refractivity (Wildman–Crippen MR) is 214 cm³/mol. The lowest BCUT2D eigenvalue weighted by atomic mass is 9.82. The average Bonchev–Trinajstić information content (AvgIpc) is 3.40. The molecule has 50 heavy (non-hydrogen) atoms. The number of hydrogen-bond acceptors (Lipinski definition) is 1. The zero-order valence-electron chi connectivity index (χ0n) is 28.2. The molecule has 1 heteroatoms. The van der Waals surface area contributed by atoms with Crippen molar-refractivity contribution in [1.29, 1.82) is 0 Å². The van der Waals surface area contributed by atoms with Crippen LogP contribution in [0.2, 0.25) is 0 Å². The molecule has 0 fully saturated rings. The fourth-order valence-electron chi connectivity index (χ4n) is 8.47. The molecule has 0 aromatic heterocycles. The van der Waals surface area contributed by atoms with Gasteiger partial charge in [0.1, 0.15) is 0 Å². The molecular weight excluding hydrogens is 603 g/mol. The molecule has 1 aliphatic rings. The molecule has 1 aliphatic carbocycles. The Labute approximate surface area is 292 Å². The van der Waals surface area contributed by atoms with E-state index in [0.29, 0.717) is 0 Å². The van der Waals surface area contributed by atoms with Crippen LogP contribution in [0.3, 0.4) is 0 Å². The van der Waals surface area contributed by atoms with Crippen LogP contribution in [0.4, 0.5) is 17.1 Å². The van der Waals surface area contributed by atoms with Crippen LogP contribution in [0, 0.1) is 0 Å². The molecule has 10 rings (SSSR count). The van der Waals surface area contributed by atoms with Gasteiger partial charge in [0.25, 0.3) is 0 Å². The van der Waals surface area contributed by atoms with Gasteiger partial charge in [-0.15, -0.1) is 0 Å². The van der Waals surface area contributed by atoms with E-state index < -0.39 is 0 Å². The third kappa shape index (κ3) is 4.33. The van der Waals surface area contributed by atoms with Gasteiger partial charge in [-0.25, -0.2) is 0 Å². The molecule has 0 bridgehead atoms. The lowest BCUT2D eigenvalue weighted by molar-refractivity contribution is 0.660. The highest BCUT2D eigenvalue weighted by Gasteiger charge is 2.35. The molecule has 9 aromatic rings. The lowest BCUT2D eigenvalue weighted by Crippen LogP contribution is -2.16. The number of nitrogens with zero attached hydrogens (tertiary/aromatic N) is 1. The zero-order chi connectivity index (χ0) is 33.4. The first-order chi connectivity index (χ1) is 24.5. The van der Waals surface area contributed by atoms with Gasteiger partial charge in [0.2, 0.25) is 0 Å². The van der Waals surface area contributed by atoms with E-state index >= 15 is 0 Å². The van der Waals surface area contributed by atoms with Crippen LogP contribution in [0.1, 0.15) is 25.0 Å². The number of anilines is 3. The van der Waals surface area contributed by atoms with Crippen molar-refractivity contribution in [3.63, 3.8) is 0 Å². The molecule has 0 unspecified atom stereocenters. The smallest absolute Gasteiger partial charge is 0.0546 e. The van der Waals surface area contributed by atoms with Gasteiger partial charge in [-0.1, -0.05) is 153 Å². The zero-order valence-corrected chi connectivity index (χ0v) is 28.2. The number of benzene rings is 9. The van der Waals surface area contributed by atoms with Gasteiger partial charge in [0, 0.05) is 22.2 Å². The Morgan fingerprint density at radius 2 is 0.920 bits per heavy atom. The Balaban J connectivity index is 1.15. The maximum Gasteiger partial charge on any atom is 0.0546 e. The van der Waals surface area contributed by atoms with Gasteiger partial charge in [-0.3, -0.25) is 0 Å². The Kier molecular flexibility index (Phi) is 6.29. The molecule has 1 nitrogen and oxygen atoms in total. The van der Waals surface area contributed by atoms with Gasteiger partial charge < -0.3 is 4.90 Å². The van der Waals surface area contributed by atoms with Crippen LogP contribution >= 0.6 is 0 Å². The molecule has 0 spiro atoms. The third-order valence-corrected chi connectivity index (χ3v) is 11.0. The van der Waals surface area contributed by atoms with Crippen LogP contribution in [-0.2, 0) is 5.41 Å². The average molecular weight is 638 g/mol. The van der Waals surface area contributed by atoms with Crippen molar-refractivity contribution < 1.29 is 0 Å². The van der Waals surface area contributed by atoms with Crippen LogP contribution < -0.4 is 4.90 Å². The summed E-state index contributed by atoms with van der Waals surface area (Å²) >= 11 is 0. The van der Waals surface area contributed by atoms with Gasteiger partial charge in [-0.2, -0.15) is 0 Å². The Morgan fingerprint density at radius 3 is 1.74 bits per heavy atom. The summed E-state index contributed by atoms with van der Waals surface area (Å²) in [6.45, 7) is 4.72. The maximum absolute atomic E-state index is 2.46. The second-order valence-electron chi connectivity index (χ2n) is 14.2. The van der Waals surface area contributed by atoms with Gasteiger partial charge in [0.15, 0.2) is 0 Å². The molecule has 9 aromatic carbocycles. The minimum Gasteiger partial charge on any atom is -0.310 e. The standard InChI is InChI=1S/C49H35N/c1-49(2)46-18-10-9-16-43(46)44-28-26-38(31-47(44)49)50(48-30-35-12-4-6-14-40(35)42-15-7-8-17-45(42)48)37-24-21-32(22-25-37)34-23-27-41-36(29-34)20-19-33-11-3-5-13-39(33)41/h3-31H,1-2H3. The molecule has 0 aliphatic heterocycles. The highest BCUT2D eigenvalue weighted by atomic mass is 15.1. The maximum atomic E-state index is 2.46. The van der Waals surface area contributed by atoms with Crippen molar-refractivity contribution >= 4 is 60.2 Å². The van der Waals surface area contributed by atoms with E-state index in [1.54, 1.807) is 0 Å². The summed E-state index contributed by atoms with van der Waals surface area (Å²) in [7, 11) is 0. The van der Waals surface area contributed by atoms with Crippen molar-refractivity contribution in [3.8, 4) is 22.3 Å². The lowest BCUT2D eigenvalue weighted by Gasteiger charge is -2.29. The molecule has 0 heterocycles. The molecular formula is C49H35N. The number of fused-ring (bicyclic) bond motifs is 9. The molecule has 0 saturated heterocycles. The van der Waals surface area contributed by atoms with E-state index in [1.165, 1.54) is 82.2 Å².